The standard InChI is InChI=1S/C20H28N2O3/c23-19(11-10-17-9-6-14-25-17)21-18(15-16-7-2-1-3-8-16)20(24)22-12-4-5-13-22/h1-3,7-8,17-18H,4-6,9-15H2,(H,21,23)/t17-,18-/m0/s1. The number of ether oxygens (including phenoxy) is 1. The molecule has 0 radical (unpaired) electrons. The monoisotopic (exact) mass is 344 g/mol. The number of hydrogen-bond donors (Lipinski definition) is 1. The lowest BCUT2D eigenvalue weighted by atomic mass is 10.0. The lowest BCUT2D eigenvalue weighted by Crippen LogP contribution is -2.49. The Labute approximate surface area is 149 Å². The van der Waals surface area contributed by atoms with Gasteiger partial charge in [0, 0.05) is 32.5 Å². The van der Waals surface area contributed by atoms with E-state index in [4.69, 9.17) is 4.74 Å². The normalized spacial score (nSPS) is 21.3. The van der Waals surface area contributed by atoms with Crippen LogP contribution in [-0.2, 0) is 20.7 Å². The molecule has 0 bridgehead atoms. The molecule has 2 saturated heterocycles. The van der Waals surface area contributed by atoms with Gasteiger partial charge in [0.25, 0.3) is 0 Å². The van der Waals surface area contributed by atoms with Gasteiger partial charge in [0.1, 0.15) is 6.04 Å². The lowest BCUT2D eigenvalue weighted by Gasteiger charge is -2.24. The van der Waals surface area contributed by atoms with E-state index in [9.17, 15) is 9.59 Å². The first-order valence-electron chi connectivity index (χ1n) is 9.46. The maximum absolute atomic E-state index is 12.8. The van der Waals surface area contributed by atoms with Crippen molar-refractivity contribution in [3.63, 3.8) is 0 Å². The zero-order valence-electron chi connectivity index (χ0n) is 14.8. The fourth-order valence-electron chi connectivity index (χ4n) is 3.64. The predicted molar refractivity (Wildman–Crippen MR) is 96.1 cm³/mol. The average molecular weight is 344 g/mol. The van der Waals surface area contributed by atoms with E-state index in [0.29, 0.717) is 12.8 Å². The van der Waals surface area contributed by atoms with Crippen molar-refractivity contribution in [3.8, 4) is 0 Å². The molecule has 0 aliphatic carbocycles. The highest BCUT2D eigenvalue weighted by Gasteiger charge is 2.28. The molecule has 136 valence electrons. The minimum absolute atomic E-state index is 0.0480. The number of rotatable bonds is 7. The molecule has 0 saturated carbocycles. The van der Waals surface area contributed by atoms with Crippen LogP contribution in [0, 0.1) is 0 Å². The summed E-state index contributed by atoms with van der Waals surface area (Å²) in [5.74, 6) is -0.00389. The highest BCUT2D eigenvalue weighted by Crippen LogP contribution is 2.17. The summed E-state index contributed by atoms with van der Waals surface area (Å²) in [6.45, 7) is 2.40. The molecular formula is C20H28N2O3. The summed E-state index contributed by atoms with van der Waals surface area (Å²) in [6.07, 6.45) is 6.12. The Morgan fingerprint density at radius 1 is 1.16 bits per heavy atom. The van der Waals surface area contributed by atoms with E-state index in [1.807, 2.05) is 35.2 Å². The van der Waals surface area contributed by atoms with Crippen molar-refractivity contribution in [3.05, 3.63) is 35.9 Å². The topological polar surface area (TPSA) is 58.6 Å². The quantitative estimate of drug-likeness (QED) is 0.826. The van der Waals surface area contributed by atoms with Crippen LogP contribution in [0.4, 0.5) is 0 Å². The van der Waals surface area contributed by atoms with Gasteiger partial charge < -0.3 is 15.0 Å². The van der Waals surface area contributed by atoms with Gasteiger partial charge in [-0.3, -0.25) is 9.59 Å². The summed E-state index contributed by atoms with van der Waals surface area (Å²) in [5.41, 5.74) is 1.07. The first-order chi connectivity index (χ1) is 12.2. The highest BCUT2D eigenvalue weighted by atomic mass is 16.5. The minimum atomic E-state index is -0.475. The zero-order valence-corrected chi connectivity index (χ0v) is 14.8. The molecule has 1 aromatic carbocycles. The molecule has 2 aliphatic rings. The fraction of sp³-hybridized carbons (Fsp3) is 0.600. The maximum atomic E-state index is 12.8. The predicted octanol–water partition coefficient (Wildman–Crippen LogP) is 2.30. The molecule has 0 aromatic heterocycles. The van der Waals surface area contributed by atoms with Crippen LogP contribution in [0.1, 0.15) is 44.1 Å². The van der Waals surface area contributed by atoms with Crippen LogP contribution in [0.2, 0.25) is 0 Å². The Bertz CT molecular complexity index is 564. The summed E-state index contributed by atoms with van der Waals surface area (Å²) >= 11 is 0. The molecule has 2 atom stereocenters. The van der Waals surface area contributed by atoms with Crippen LogP contribution in [0.15, 0.2) is 30.3 Å². The van der Waals surface area contributed by atoms with E-state index in [2.05, 4.69) is 5.32 Å². The molecular weight excluding hydrogens is 316 g/mol. The summed E-state index contributed by atoms with van der Waals surface area (Å²) in [7, 11) is 0. The van der Waals surface area contributed by atoms with E-state index >= 15 is 0 Å². The van der Waals surface area contributed by atoms with Gasteiger partial charge in [-0.15, -0.1) is 0 Å². The third-order valence-corrected chi connectivity index (χ3v) is 5.05. The van der Waals surface area contributed by atoms with Crippen LogP contribution in [0.3, 0.4) is 0 Å². The number of nitrogens with one attached hydrogen (secondary N) is 1. The summed E-state index contributed by atoms with van der Waals surface area (Å²) < 4.78 is 5.58. The van der Waals surface area contributed by atoms with Crippen LogP contribution in [0.5, 0.6) is 0 Å². The third kappa shape index (κ3) is 5.30. The smallest absolute Gasteiger partial charge is 0.245 e. The van der Waals surface area contributed by atoms with E-state index in [-0.39, 0.29) is 17.9 Å². The third-order valence-electron chi connectivity index (χ3n) is 5.05. The van der Waals surface area contributed by atoms with Crippen molar-refractivity contribution in [2.45, 2.75) is 57.1 Å². The van der Waals surface area contributed by atoms with Crippen LogP contribution >= 0.6 is 0 Å². The number of carbonyl (C=O) groups is 2. The van der Waals surface area contributed by atoms with Crippen LogP contribution in [0.25, 0.3) is 0 Å². The van der Waals surface area contributed by atoms with Crippen molar-refractivity contribution >= 4 is 11.8 Å². The Morgan fingerprint density at radius 2 is 1.92 bits per heavy atom. The molecule has 3 rings (SSSR count). The van der Waals surface area contributed by atoms with Gasteiger partial charge in [0.15, 0.2) is 0 Å². The second-order valence-electron chi connectivity index (χ2n) is 7.02. The van der Waals surface area contributed by atoms with Gasteiger partial charge in [-0.1, -0.05) is 30.3 Å². The second-order valence-corrected chi connectivity index (χ2v) is 7.02. The Hall–Kier alpha value is -1.88. The average Bonchev–Trinajstić information content (AvgIpc) is 3.33. The molecule has 5 heteroatoms. The second kappa shape index (κ2) is 8.99. The Balaban J connectivity index is 1.58. The van der Waals surface area contributed by atoms with Gasteiger partial charge in [0.2, 0.25) is 11.8 Å². The Kier molecular flexibility index (Phi) is 6.45. The molecule has 0 unspecified atom stereocenters. The Morgan fingerprint density at radius 3 is 2.60 bits per heavy atom. The summed E-state index contributed by atoms with van der Waals surface area (Å²) in [6, 6.07) is 9.42. The molecule has 0 spiro atoms. The number of benzene rings is 1. The van der Waals surface area contributed by atoms with E-state index in [1.54, 1.807) is 0 Å². The number of hydrogen-bond acceptors (Lipinski definition) is 3. The molecule has 2 fully saturated rings. The number of likely N-dealkylation sites (tertiary alicyclic amines) is 1. The van der Waals surface area contributed by atoms with Crippen molar-refractivity contribution < 1.29 is 14.3 Å². The number of amides is 2. The number of nitrogens with zero attached hydrogens (tertiary/aromatic N) is 1. The summed E-state index contributed by atoms with van der Waals surface area (Å²) in [4.78, 5) is 27.1. The van der Waals surface area contributed by atoms with E-state index < -0.39 is 6.04 Å². The van der Waals surface area contributed by atoms with Gasteiger partial charge in [-0.25, -0.2) is 0 Å². The molecule has 2 aliphatic heterocycles. The van der Waals surface area contributed by atoms with Gasteiger partial charge in [0.05, 0.1) is 6.10 Å². The molecule has 2 heterocycles. The van der Waals surface area contributed by atoms with E-state index in [1.165, 1.54) is 0 Å². The first kappa shape index (κ1) is 17.9. The molecule has 25 heavy (non-hydrogen) atoms. The molecule has 1 aromatic rings. The van der Waals surface area contributed by atoms with Gasteiger partial charge in [-0.2, -0.15) is 0 Å². The van der Waals surface area contributed by atoms with Crippen LogP contribution in [-0.4, -0.2) is 48.6 Å². The summed E-state index contributed by atoms with van der Waals surface area (Å²) in [5, 5.41) is 2.98. The zero-order chi connectivity index (χ0) is 17.5. The molecule has 2 amide bonds. The largest absolute Gasteiger partial charge is 0.378 e. The van der Waals surface area contributed by atoms with Crippen molar-refractivity contribution in [2.24, 2.45) is 0 Å². The van der Waals surface area contributed by atoms with Crippen molar-refractivity contribution in [1.29, 1.82) is 0 Å². The first-order valence-corrected chi connectivity index (χ1v) is 9.46. The van der Waals surface area contributed by atoms with E-state index in [0.717, 1.165) is 57.4 Å². The molecule has 1 N–H and O–H groups in total. The van der Waals surface area contributed by atoms with Crippen LogP contribution < -0.4 is 5.32 Å². The number of carbonyl (C=O) groups excluding carboxylic acids is 2. The maximum Gasteiger partial charge on any atom is 0.245 e. The SMILES string of the molecule is O=C(CC[C@@H]1CCCO1)N[C@@H](Cc1ccccc1)C(=O)N1CCCC1. The van der Waals surface area contributed by atoms with Gasteiger partial charge in [-0.05, 0) is 37.7 Å². The van der Waals surface area contributed by atoms with Crippen molar-refractivity contribution in [1.82, 2.24) is 10.2 Å². The highest BCUT2D eigenvalue weighted by molar-refractivity contribution is 5.88. The lowest BCUT2D eigenvalue weighted by molar-refractivity contribution is -0.135. The molecule has 5 nitrogen and oxygen atoms in total. The minimum Gasteiger partial charge on any atom is -0.378 e. The van der Waals surface area contributed by atoms with Gasteiger partial charge >= 0.3 is 0 Å². The van der Waals surface area contributed by atoms with Crippen molar-refractivity contribution in [2.75, 3.05) is 19.7 Å². The fourth-order valence-corrected chi connectivity index (χ4v) is 3.64.